The molecule has 1 saturated heterocycles. The number of aromatic nitrogens is 2. The highest BCUT2D eigenvalue weighted by Gasteiger charge is 2.23. The van der Waals surface area contributed by atoms with Gasteiger partial charge in [-0.15, -0.1) is 0 Å². The summed E-state index contributed by atoms with van der Waals surface area (Å²) >= 11 is 0. The number of nitrogens with zero attached hydrogens (tertiary/aromatic N) is 3. The molecule has 2 heterocycles. The Balaban J connectivity index is 1.85. The predicted octanol–water partition coefficient (Wildman–Crippen LogP) is 0.946. The van der Waals surface area contributed by atoms with Crippen molar-refractivity contribution >= 4 is 5.91 Å². The molecule has 1 aliphatic heterocycles. The van der Waals surface area contributed by atoms with Gasteiger partial charge in [0, 0.05) is 44.4 Å². The second-order valence-corrected chi connectivity index (χ2v) is 5.34. The minimum absolute atomic E-state index is 0.165. The van der Waals surface area contributed by atoms with E-state index in [-0.39, 0.29) is 17.9 Å². The van der Waals surface area contributed by atoms with Crippen molar-refractivity contribution in [1.82, 2.24) is 20.4 Å². The van der Waals surface area contributed by atoms with E-state index in [0.717, 1.165) is 19.6 Å². The molecule has 1 atom stereocenters. The summed E-state index contributed by atoms with van der Waals surface area (Å²) in [4.78, 5) is 18.3. The van der Waals surface area contributed by atoms with E-state index in [4.69, 9.17) is 4.52 Å². The number of hydrogen-bond acceptors (Lipinski definition) is 5. The molecule has 0 aliphatic carbocycles. The minimum atomic E-state index is 0.165. The average Bonchev–Trinajstić information content (AvgIpc) is 2.85. The molecule has 1 fully saturated rings. The van der Waals surface area contributed by atoms with Crippen LogP contribution in [0.2, 0.25) is 0 Å². The Bertz CT molecular complexity index is 430. The van der Waals surface area contributed by atoms with E-state index < -0.39 is 0 Å². The number of hydrogen-bond donors (Lipinski definition) is 1. The third kappa shape index (κ3) is 3.53. The molecule has 6 heteroatoms. The van der Waals surface area contributed by atoms with Crippen LogP contribution in [0.15, 0.2) is 4.52 Å². The maximum absolute atomic E-state index is 12.1. The highest BCUT2D eigenvalue weighted by molar-refractivity contribution is 5.76. The first-order valence-electron chi connectivity index (χ1n) is 6.90. The number of rotatable bonds is 4. The van der Waals surface area contributed by atoms with E-state index in [2.05, 4.69) is 22.4 Å². The van der Waals surface area contributed by atoms with Crippen molar-refractivity contribution in [2.75, 3.05) is 19.6 Å². The predicted molar refractivity (Wildman–Crippen MR) is 70.8 cm³/mol. The van der Waals surface area contributed by atoms with Crippen molar-refractivity contribution in [3.05, 3.63) is 11.7 Å². The standard InChI is InChI=1S/C13H22N4O2/c1-9(2)13-15-11(19-16-13)4-5-12(18)17-7-6-14-8-10(17)3/h9-10,14H,4-8H2,1-3H3/t10-/m0/s1. The van der Waals surface area contributed by atoms with Crippen LogP contribution in [0.5, 0.6) is 0 Å². The number of amides is 1. The Morgan fingerprint density at radius 1 is 1.58 bits per heavy atom. The molecule has 1 N–H and O–H groups in total. The van der Waals surface area contributed by atoms with Gasteiger partial charge >= 0.3 is 0 Å². The van der Waals surface area contributed by atoms with E-state index in [9.17, 15) is 4.79 Å². The molecule has 1 amide bonds. The molecule has 0 radical (unpaired) electrons. The average molecular weight is 266 g/mol. The Labute approximate surface area is 113 Å². The molecule has 106 valence electrons. The van der Waals surface area contributed by atoms with Crippen LogP contribution in [-0.2, 0) is 11.2 Å². The van der Waals surface area contributed by atoms with Crippen LogP contribution >= 0.6 is 0 Å². The first kappa shape index (κ1) is 14.0. The zero-order chi connectivity index (χ0) is 13.8. The summed E-state index contributed by atoms with van der Waals surface area (Å²) in [7, 11) is 0. The van der Waals surface area contributed by atoms with Gasteiger partial charge in [0.25, 0.3) is 0 Å². The molecule has 0 unspecified atom stereocenters. The first-order chi connectivity index (χ1) is 9.08. The molecule has 19 heavy (non-hydrogen) atoms. The van der Waals surface area contributed by atoms with E-state index in [1.54, 1.807) is 0 Å². The maximum Gasteiger partial charge on any atom is 0.227 e. The Hall–Kier alpha value is -1.43. The van der Waals surface area contributed by atoms with Crippen molar-refractivity contribution < 1.29 is 9.32 Å². The van der Waals surface area contributed by atoms with Gasteiger partial charge in [-0.2, -0.15) is 4.98 Å². The lowest BCUT2D eigenvalue weighted by Gasteiger charge is -2.34. The fourth-order valence-corrected chi connectivity index (χ4v) is 2.17. The third-order valence-electron chi connectivity index (χ3n) is 3.37. The summed E-state index contributed by atoms with van der Waals surface area (Å²) in [5.41, 5.74) is 0. The maximum atomic E-state index is 12.1. The molecule has 0 saturated carbocycles. The smallest absolute Gasteiger partial charge is 0.227 e. The lowest BCUT2D eigenvalue weighted by Crippen LogP contribution is -2.52. The van der Waals surface area contributed by atoms with Gasteiger partial charge in [0.1, 0.15) is 0 Å². The lowest BCUT2D eigenvalue weighted by molar-refractivity contribution is -0.134. The van der Waals surface area contributed by atoms with Crippen LogP contribution in [0.4, 0.5) is 0 Å². The van der Waals surface area contributed by atoms with Gasteiger partial charge < -0.3 is 14.7 Å². The SMILES string of the molecule is CC(C)c1noc(CCC(=O)N2CCNC[C@@H]2C)n1. The zero-order valence-electron chi connectivity index (χ0n) is 11.8. The topological polar surface area (TPSA) is 71.3 Å². The van der Waals surface area contributed by atoms with Gasteiger partial charge in [-0.1, -0.05) is 19.0 Å². The molecule has 1 aromatic heterocycles. The second kappa shape index (κ2) is 6.14. The summed E-state index contributed by atoms with van der Waals surface area (Å²) in [5, 5.41) is 7.17. The first-order valence-corrected chi connectivity index (χ1v) is 6.90. The fraction of sp³-hybridized carbons (Fsp3) is 0.769. The molecular formula is C13H22N4O2. The van der Waals surface area contributed by atoms with Crippen LogP contribution in [0.1, 0.15) is 44.8 Å². The van der Waals surface area contributed by atoms with Crippen molar-refractivity contribution in [3.8, 4) is 0 Å². The summed E-state index contributed by atoms with van der Waals surface area (Å²) in [5.74, 6) is 1.68. The molecule has 1 aromatic rings. The molecule has 2 rings (SSSR count). The summed E-state index contributed by atoms with van der Waals surface area (Å²) < 4.78 is 5.15. The number of carbonyl (C=O) groups is 1. The largest absolute Gasteiger partial charge is 0.339 e. The zero-order valence-corrected chi connectivity index (χ0v) is 11.8. The van der Waals surface area contributed by atoms with Crippen molar-refractivity contribution in [3.63, 3.8) is 0 Å². The summed E-state index contributed by atoms with van der Waals surface area (Å²) in [6.07, 6.45) is 0.958. The summed E-state index contributed by atoms with van der Waals surface area (Å²) in [6.45, 7) is 8.61. The highest BCUT2D eigenvalue weighted by Crippen LogP contribution is 2.12. The molecule has 1 aliphatic rings. The van der Waals surface area contributed by atoms with Gasteiger partial charge in [0.05, 0.1) is 0 Å². The molecule has 6 nitrogen and oxygen atoms in total. The highest BCUT2D eigenvalue weighted by atomic mass is 16.5. The van der Waals surface area contributed by atoms with Crippen molar-refractivity contribution in [2.45, 2.75) is 45.6 Å². The third-order valence-corrected chi connectivity index (χ3v) is 3.37. The van der Waals surface area contributed by atoms with Crippen molar-refractivity contribution in [1.29, 1.82) is 0 Å². The van der Waals surface area contributed by atoms with Gasteiger partial charge in [-0.05, 0) is 6.92 Å². The Morgan fingerprint density at radius 2 is 2.37 bits per heavy atom. The molecule has 0 bridgehead atoms. The molecule has 0 spiro atoms. The summed E-state index contributed by atoms with van der Waals surface area (Å²) in [6, 6.07) is 0.259. The monoisotopic (exact) mass is 266 g/mol. The van der Waals surface area contributed by atoms with Gasteiger partial charge in [-0.25, -0.2) is 0 Å². The van der Waals surface area contributed by atoms with Crippen LogP contribution in [0.25, 0.3) is 0 Å². The minimum Gasteiger partial charge on any atom is -0.339 e. The second-order valence-electron chi connectivity index (χ2n) is 5.34. The van der Waals surface area contributed by atoms with E-state index in [1.807, 2.05) is 18.7 Å². The molecular weight excluding hydrogens is 244 g/mol. The van der Waals surface area contributed by atoms with Crippen LogP contribution < -0.4 is 5.32 Å². The quantitative estimate of drug-likeness (QED) is 0.878. The van der Waals surface area contributed by atoms with Crippen molar-refractivity contribution in [2.24, 2.45) is 0 Å². The van der Waals surface area contributed by atoms with Gasteiger partial charge in [0.2, 0.25) is 11.8 Å². The van der Waals surface area contributed by atoms with Gasteiger partial charge in [-0.3, -0.25) is 4.79 Å². The molecule has 0 aromatic carbocycles. The van der Waals surface area contributed by atoms with Crippen LogP contribution in [0, 0.1) is 0 Å². The number of carbonyl (C=O) groups excluding carboxylic acids is 1. The van der Waals surface area contributed by atoms with Gasteiger partial charge in [0.15, 0.2) is 5.82 Å². The van der Waals surface area contributed by atoms with Crippen LogP contribution in [-0.4, -0.2) is 46.6 Å². The number of nitrogens with one attached hydrogen (secondary N) is 1. The van der Waals surface area contributed by atoms with E-state index in [1.165, 1.54) is 0 Å². The number of piperazine rings is 1. The lowest BCUT2D eigenvalue weighted by atomic mass is 10.2. The Kier molecular flexibility index (Phi) is 4.52. The van der Waals surface area contributed by atoms with Crippen LogP contribution in [0.3, 0.4) is 0 Å². The fourth-order valence-electron chi connectivity index (χ4n) is 2.17. The van der Waals surface area contributed by atoms with E-state index >= 15 is 0 Å². The Morgan fingerprint density at radius 3 is 3.00 bits per heavy atom. The normalized spacial score (nSPS) is 20.0. The van der Waals surface area contributed by atoms with E-state index in [0.29, 0.717) is 24.6 Å². The number of aryl methyl sites for hydroxylation is 1.